The normalized spacial score (nSPS) is 18.5. The molecule has 0 bridgehead atoms. The quantitative estimate of drug-likeness (QED) is 0.790. The zero-order valence-electron chi connectivity index (χ0n) is 9.70. The van der Waals surface area contributed by atoms with Gasteiger partial charge in [0.15, 0.2) is 11.8 Å². The fraction of sp³-hybridized carbons (Fsp3) is 0.308. The van der Waals surface area contributed by atoms with Crippen LogP contribution in [0, 0.1) is 11.3 Å². The third-order valence-electron chi connectivity index (χ3n) is 2.78. The highest BCUT2D eigenvalue weighted by Crippen LogP contribution is 2.15. The second kappa shape index (κ2) is 5.32. The maximum atomic E-state index is 11.7. The highest BCUT2D eigenvalue weighted by atomic mass is 16.6. The largest absolute Gasteiger partial charge is 0.445 e. The number of Topliss-reactive ketones (excluding diaryl/α,β-unsaturated/α-hetero) is 1. The van der Waals surface area contributed by atoms with E-state index in [1.807, 2.05) is 36.4 Å². The van der Waals surface area contributed by atoms with E-state index in [1.165, 1.54) is 4.90 Å². The van der Waals surface area contributed by atoms with Gasteiger partial charge in [0.2, 0.25) is 0 Å². The van der Waals surface area contributed by atoms with Crippen molar-refractivity contribution in [2.45, 2.75) is 19.1 Å². The van der Waals surface area contributed by atoms with Crippen molar-refractivity contribution in [3.05, 3.63) is 35.9 Å². The van der Waals surface area contributed by atoms with Gasteiger partial charge >= 0.3 is 6.09 Å². The van der Waals surface area contributed by atoms with Crippen LogP contribution >= 0.6 is 0 Å². The third kappa shape index (κ3) is 2.48. The maximum Gasteiger partial charge on any atom is 0.411 e. The Morgan fingerprint density at radius 3 is 2.83 bits per heavy atom. The van der Waals surface area contributed by atoms with Crippen molar-refractivity contribution >= 4 is 11.9 Å². The minimum atomic E-state index is -0.992. The molecule has 92 valence electrons. The van der Waals surface area contributed by atoms with Gasteiger partial charge in [0.05, 0.1) is 6.07 Å². The molecular formula is C13H12N2O3. The van der Waals surface area contributed by atoms with E-state index < -0.39 is 12.1 Å². The lowest BCUT2D eigenvalue weighted by atomic mass is 10.2. The number of amides is 1. The molecule has 0 N–H and O–H groups in total. The van der Waals surface area contributed by atoms with Gasteiger partial charge in [0.25, 0.3) is 0 Å². The molecule has 0 spiro atoms. The summed E-state index contributed by atoms with van der Waals surface area (Å²) in [6, 6.07) is 10.1. The summed E-state index contributed by atoms with van der Waals surface area (Å²) in [6.07, 6.45) is -0.394. The number of likely N-dealkylation sites (tertiary alicyclic amines) is 1. The summed E-state index contributed by atoms with van der Waals surface area (Å²) in [4.78, 5) is 24.2. The molecule has 5 heteroatoms. The van der Waals surface area contributed by atoms with Crippen LogP contribution in [0.4, 0.5) is 4.79 Å². The zero-order valence-corrected chi connectivity index (χ0v) is 9.70. The van der Waals surface area contributed by atoms with Gasteiger partial charge in [-0.05, 0) is 5.56 Å². The molecule has 1 amide bonds. The second-order valence-electron chi connectivity index (χ2n) is 3.98. The molecule has 1 fully saturated rings. The molecule has 0 aromatic heterocycles. The number of ketones is 1. The summed E-state index contributed by atoms with van der Waals surface area (Å²) in [5.41, 5.74) is 0.866. The molecule has 1 atom stereocenters. The number of benzene rings is 1. The first-order chi connectivity index (χ1) is 8.72. The van der Waals surface area contributed by atoms with Gasteiger partial charge in [-0.25, -0.2) is 4.79 Å². The number of rotatable bonds is 2. The minimum Gasteiger partial charge on any atom is -0.445 e. The van der Waals surface area contributed by atoms with Crippen LogP contribution in [0.5, 0.6) is 0 Å². The summed E-state index contributed by atoms with van der Waals surface area (Å²) < 4.78 is 5.08. The number of hydrogen-bond donors (Lipinski definition) is 0. The topological polar surface area (TPSA) is 70.4 Å². The fourth-order valence-corrected chi connectivity index (χ4v) is 1.81. The lowest BCUT2D eigenvalue weighted by molar-refractivity contribution is -0.118. The smallest absolute Gasteiger partial charge is 0.411 e. The van der Waals surface area contributed by atoms with Crippen molar-refractivity contribution in [3.63, 3.8) is 0 Å². The monoisotopic (exact) mass is 244 g/mol. The molecule has 1 aromatic carbocycles. The van der Waals surface area contributed by atoms with E-state index in [-0.39, 0.29) is 25.4 Å². The van der Waals surface area contributed by atoms with Crippen molar-refractivity contribution in [3.8, 4) is 6.07 Å². The Labute approximate surface area is 105 Å². The number of nitrogens with zero attached hydrogens (tertiary/aromatic N) is 2. The highest BCUT2D eigenvalue weighted by Gasteiger charge is 2.36. The molecular weight excluding hydrogens is 232 g/mol. The van der Waals surface area contributed by atoms with Crippen molar-refractivity contribution < 1.29 is 14.3 Å². The molecule has 1 aromatic rings. The van der Waals surface area contributed by atoms with E-state index in [0.717, 1.165) is 5.56 Å². The van der Waals surface area contributed by atoms with E-state index >= 15 is 0 Å². The SMILES string of the molecule is N#CC1C(=O)CCN1C(=O)OCc1ccccc1. The Hall–Kier alpha value is -2.35. The predicted molar refractivity (Wildman–Crippen MR) is 62.4 cm³/mol. The zero-order chi connectivity index (χ0) is 13.0. The van der Waals surface area contributed by atoms with Gasteiger partial charge in [0.1, 0.15) is 6.61 Å². The number of carbonyl (C=O) groups is 2. The standard InChI is InChI=1S/C13H12N2O3/c14-8-11-12(16)6-7-15(11)13(17)18-9-10-4-2-1-3-5-10/h1-5,11H,6-7,9H2. The lowest BCUT2D eigenvalue weighted by Crippen LogP contribution is -2.37. The number of carbonyl (C=O) groups excluding carboxylic acids is 2. The molecule has 5 nitrogen and oxygen atoms in total. The summed E-state index contributed by atoms with van der Waals surface area (Å²) in [5, 5.41) is 8.82. The first-order valence-corrected chi connectivity index (χ1v) is 5.62. The van der Waals surface area contributed by atoms with Crippen molar-refractivity contribution in [1.82, 2.24) is 4.90 Å². The van der Waals surface area contributed by atoms with Crippen molar-refractivity contribution in [2.24, 2.45) is 0 Å². The van der Waals surface area contributed by atoms with Crippen molar-refractivity contribution in [2.75, 3.05) is 6.54 Å². The van der Waals surface area contributed by atoms with Crippen LogP contribution in [-0.2, 0) is 16.1 Å². The van der Waals surface area contributed by atoms with E-state index in [0.29, 0.717) is 0 Å². The summed E-state index contributed by atoms with van der Waals surface area (Å²) in [5.74, 6) is -0.228. The number of nitriles is 1. The van der Waals surface area contributed by atoms with Crippen LogP contribution in [0.3, 0.4) is 0 Å². The van der Waals surface area contributed by atoms with Crippen LogP contribution in [0.1, 0.15) is 12.0 Å². The first kappa shape index (κ1) is 12.1. The maximum absolute atomic E-state index is 11.7. The van der Waals surface area contributed by atoms with Gasteiger partial charge in [-0.1, -0.05) is 30.3 Å². The Morgan fingerprint density at radius 1 is 1.44 bits per heavy atom. The van der Waals surface area contributed by atoms with Gasteiger partial charge in [-0.3, -0.25) is 9.69 Å². The molecule has 0 aliphatic carbocycles. The van der Waals surface area contributed by atoms with Crippen LogP contribution in [0.2, 0.25) is 0 Å². The fourth-order valence-electron chi connectivity index (χ4n) is 1.81. The average Bonchev–Trinajstić information content (AvgIpc) is 2.78. The van der Waals surface area contributed by atoms with Crippen LogP contribution in [-0.4, -0.2) is 29.4 Å². The minimum absolute atomic E-state index is 0.141. The van der Waals surface area contributed by atoms with Gasteiger partial charge in [-0.15, -0.1) is 0 Å². The van der Waals surface area contributed by atoms with Crippen molar-refractivity contribution in [1.29, 1.82) is 5.26 Å². The van der Waals surface area contributed by atoms with Crippen LogP contribution < -0.4 is 0 Å². The third-order valence-corrected chi connectivity index (χ3v) is 2.78. The van der Waals surface area contributed by atoms with E-state index in [4.69, 9.17) is 10.00 Å². The van der Waals surface area contributed by atoms with E-state index in [1.54, 1.807) is 0 Å². The van der Waals surface area contributed by atoms with Crippen LogP contribution in [0.25, 0.3) is 0 Å². The summed E-state index contributed by atoms with van der Waals surface area (Å²) in [7, 11) is 0. The first-order valence-electron chi connectivity index (χ1n) is 5.62. The molecule has 18 heavy (non-hydrogen) atoms. The van der Waals surface area contributed by atoms with Gasteiger partial charge in [-0.2, -0.15) is 5.26 Å². The number of hydrogen-bond acceptors (Lipinski definition) is 4. The summed E-state index contributed by atoms with van der Waals surface area (Å²) in [6.45, 7) is 0.396. The predicted octanol–water partition coefficient (Wildman–Crippen LogP) is 1.49. The van der Waals surface area contributed by atoms with Gasteiger partial charge < -0.3 is 4.74 Å². The Balaban J connectivity index is 1.93. The molecule has 1 aliphatic heterocycles. The molecule has 1 unspecified atom stereocenters. The molecule has 0 radical (unpaired) electrons. The van der Waals surface area contributed by atoms with E-state index in [9.17, 15) is 9.59 Å². The molecule has 1 saturated heterocycles. The Kier molecular flexibility index (Phi) is 3.58. The molecule has 1 aliphatic rings. The number of ether oxygens (including phenoxy) is 1. The highest BCUT2D eigenvalue weighted by molar-refractivity contribution is 5.92. The molecule has 1 heterocycles. The molecule has 0 saturated carbocycles. The Bertz CT molecular complexity index is 493. The lowest BCUT2D eigenvalue weighted by Gasteiger charge is -2.17. The van der Waals surface area contributed by atoms with E-state index in [2.05, 4.69) is 0 Å². The average molecular weight is 244 g/mol. The van der Waals surface area contributed by atoms with Gasteiger partial charge in [0, 0.05) is 13.0 Å². The molecule has 2 rings (SSSR count). The Morgan fingerprint density at radius 2 is 2.17 bits per heavy atom. The second-order valence-corrected chi connectivity index (χ2v) is 3.98. The summed E-state index contributed by atoms with van der Waals surface area (Å²) >= 11 is 0. The van der Waals surface area contributed by atoms with Crippen LogP contribution in [0.15, 0.2) is 30.3 Å².